The van der Waals surface area contributed by atoms with E-state index < -0.39 is 15.9 Å². The van der Waals surface area contributed by atoms with Crippen molar-refractivity contribution in [2.24, 2.45) is 0 Å². The maximum Gasteiger partial charge on any atom is 0.239 e. The van der Waals surface area contributed by atoms with E-state index in [2.05, 4.69) is 15.0 Å². The summed E-state index contributed by atoms with van der Waals surface area (Å²) in [6, 6.07) is 12.1. The number of nitrogens with one attached hydrogen (secondary N) is 2. The molecule has 2 rings (SSSR count). The van der Waals surface area contributed by atoms with Gasteiger partial charge in [-0.15, -0.1) is 0 Å². The Labute approximate surface area is 123 Å². The van der Waals surface area contributed by atoms with E-state index in [9.17, 15) is 13.2 Å². The van der Waals surface area contributed by atoms with Gasteiger partial charge in [-0.1, -0.05) is 30.3 Å². The molecule has 1 amide bonds. The highest BCUT2D eigenvalue weighted by molar-refractivity contribution is 7.88. The maximum atomic E-state index is 11.9. The van der Waals surface area contributed by atoms with E-state index in [4.69, 9.17) is 0 Å². The third kappa shape index (κ3) is 5.33. The van der Waals surface area contributed by atoms with Crippen molar-refractivity contribution in [1.82, 2.24) is 9.71 Å². The van der Waals surface area contributed by atoms with Crippen LogP contribution in [0, 0.1) is 0 Å². The topological polar surface area (TPSA) is 88.2 Å². The number of carbonyl (C=O) groups excluding carboxylic acids is 1. The average molecular weight is 305 g/mol. The van der Waals surface area contributed by atoms with Crippen molar-refractivity contribution in [3.8, 4) is 0 Å². The van der Waals surface area contributed by atoms with Crippen LogP contribution in [0.3, 0.4) is 0 Å². The number of rotatable bonds is 6. The van der Waals surface area contributed by atoms with Gasteiger partial charge in [-0.2, -0.15) is 0 Å². The number of hydrogen-bond donors (Lipinski definition) is 2. The molecule has 7 heteroatoms. The van der Waals surface area contributed by atoms with Crippen LogP contribution < -0.4 is 10.0 Å². The van der Waals surface area contributed by atoms with E-state index in [0.717, 1.165) is 0 Å². The van der Waals surface area contributed by atoms with Gasteiger partial charge < -0.3 is 5.32 Å². The van der Waals surface area contributed by atoms with Crippen LogP contribution in [-0.4, -0.2) is 25.9 Å². The van der Waals surface area contributed by atoms with Crippen molar-refractivity contribution in [3.63, 3.8) is 0 Å². The van der Waals surface area contributed by atoms with Gasteiger partial charge in [0.25, 0.3) is 0 Å². The summed E-state index contributed by atoms with van der Waals surface area (Å²) in [5.74, 6) is -0.603. The lowest BCUT2D eigenvalue weighted by Gasteiger charge is -2.07. The molecule has 0 atom stereocenters. The van der Waals surface area contributed by atoms with Crippen LogP contribution in [0.1, 0.15) is 5.56 Å². The van der Waals surface area contributed by atoms with Crippen LogP contribution in [0.2, 0.25) is 0 Å². The molecule has 0 aliphatic carbocycles. The number of nitrogens with zero attached hydrogens (tertiary/aromatic N) is 1. The van der Waals surface area contributed by atoms with Gasteiger partial charge in [0.15, 0.2) is 0 Å². The Kier molecular flexibility index (Phi) is 5.02. The van der Waals surface area contributed by atoms with Gasteiger partial charge in [0.2, 0.25) is 15.9 Å². The molecule has 1 aromatic carbocycles. The summed E-state index contributed by atoms with van der Waals surface area (Å²) in [5, 5.41) is 2.55. The van der Waals surface area contributed by atoms with E-state index in [-0.39, 0.29) is 12.3 Å². The Morgan fingerprint density at radius 3 is 2.52 bits per heavy atom. The van der Waals surface area contributed by atoms with Crippen molar-refractivity contribution in [2.75, 3.05) is 11.9 Å². The smallest absolute Gasteiger partial charge is 0.239 e. The van der Waals surface area contributed by atoms with E-state index in [1.54, 1.807) is 42.6 Å². The average Bonchev–Trinajstić information content (AvgIpc) is 2.47. The van der Waals surface area contributed by atoms with Gasteiger partial charge >= 0.3 is 0 Å². The molecule has 1 aromatic heterocycles. The highest BCUT2D eigenvalue weighted by atomic mass is 32.2. The second-order valence-corrected chi connectivity index (χ2v) is 6.16. The molecule has 0 aliphatic heterocycles. The van der Waals surface area contributed by atoms with Crippen LogP contribution in [-0.2, 0) is 20.6 Å². The van der Waals surface area contributed by atoms with Crippen molar-refractivity contribution >= 4 is 21.6 Å². The lowest BCUT2D eigenvalue weighted by molar-refractivity contribution is -0.115. The van der Waals surface area contributed by atoms with Gasteiger partial charge in [-0.3, -0.25) is 9.78 Å². The number of aromatic nitrogens is 1. The summed E-state index contributed by atoms with van der Waals surface area (Å²) in [6.45, 7) is -0.315. The Hall–Kier alpha value is -2.25. The maximum absolute atomic E-state index is 11.9. The summed E-state index contributed by atoms with van der Waals surface area (Å²) >= 11 is 0. The largest absolute Gasteiger partial charge is 0.324 e. The van der Waals surface area contributed by atoms with Gasteiger partial charge in [-0.25, -0.2) is 13.1 Å². The highest BCUT2D eigenvalue weighted by Gasteiger charge is 2.13. The molecule has 1 heterocycles. The van der Waals surface area contributed by atoms with Crippen molar-refractivity contribution in [2.45, 2.75) is 5.75 Å². The molecule has 0 radical (unpaired) electrons. The number of anilines is 1. The molecule has 0 fully saturated rings. The van der Waals surface area contributed by atoms with Gasteiger partial charge in [0.1, 0.15) is 0 Å². The molecular formula is C14H15N3O3S. The lowest BCUT2D eigenvalue weighted by atomic mass is 10.2. The lowest BCUT2D eigenvalue weighted by Crippen LogP contribution is -2.33. The molecule has 0 spiro atoms. The van der Waals surface area contributed by atoms with Crippen LogP contribution in [0.15, 0.2) is 54.9 Å². The molecule has 6 nitrogen and oxygen atoms in total. The summed E-state index contributed by atoms with van der Waals surface area (Å²) in [4.78, 5) is 15.5. The fraction of sp³-hybridized carbons (Fsp3) is 0.143. The molecule has 2 N–H and O–H groups in total. The Bertz CT molecular complexity index is 688. The Balaban J connectivity index is 1.85. The molecule has 0 unspecified atom stereocenters. The molecule has 2 aromatic rings. The summed E-state index contributed by atoms with van der Waals surface area (Å²) in [6.07, 6.45) is 3.06. The highest BCUT2D eigenvalue weighted by Crippen LogP contribution is 2.04. The minimum absolute atomic E-state index is 0.159. The molecule has 0 saturated carbocycles. The zero-order valence-corrected chi connectivity index (χ0v) is 12.0. The quantitative estimate of drug-likeness (QED) is 0.837. The first-order valence-electron chi connectivity index (χ1n) is 6.26. The Morgan fingerprint density at radius 2 is 1.86 bits per heavy atom. The minimum Gasteiger partial charge on any atom is -0.324 e. The van der Waals surface area contributed by atoms with Gasteiger partial charge in [-0.05, 0) is 17.7 Å². The second kappa shape index (κ2) is 6.96. The SMILES string of the molecule is O=C(CNS(=O)(=O)Cc1ccccc1)Nc1cccnc1. The summed E-state index contributed by atoms with van der Waals surface area (Å²) < 4.78 is 26.0. The second-order valence-electron chi connectivity index (χ2n) is 4.36. The summed E-state index contributed by atoms with van der Waals surface area (Å²) in [5.41, 5.74) is 1.18. The molecular weight excluding hydrogens is 290 g/mol. The minimum atomic E-state index is -3.55. The van der Waals surface area contributed by atoms with Crippen LogP contribution in [0.5, 0.6) is 0 Å². The number of pyridine rings is 1. The van der Waals surface area contributed by atoms with Crippen LogP contribution in [0.25, 0.3) is 0 Å². The fourth-order valence-electron chi connectivity index (χ4n) is 1.66. The number of amides is 1. The fourth-order valence-corrected chi connectivity index (χ4v) is 2.75. The molecule has 110 valence electrons. The molecule has 0 bridgehead atoms. The van der Waals surface area contributed by atoms with Gasteiger partial charge in [0, 0.05) is 6.20 Å². The van der Waals surface area contributed by atoms with E-state index in [1.165, 1.54) is 6.20 Å². The monoisotopic (exact) mass is 305 g/mol. The zero-order chi connectivity index (χ0) is 15.1. The first-order chi connectivity index (χ1) is 10.1. The third-order valence-corrected chi connectivity index (χ3v) is 3.89. The van der Waals surface area contributed by atoms with Crippen LogP contribution >= 0.6 is 0 Å². The van der Waals surface area contributed by atoms with Crippen molar-refractivity contribution < 1.29 is 13.2 Å². The molecule has 0 aliphatic rings. The van der Waals surface area contributed by atoms with E-state index >= 15 is 0 Å². The standard InChI is InChI=1S/C14H15N3O3S/c18-14(17-13-7-4-8-15-9-13)10-16-21(19,20)11-12-5-2-1-3-6-12/h1-9,16H,10-11H2,(H,17,18). The van der Waals surface area contributed by atoms with E-state index in [1.807, 2.05) is 6.07 Å². The van der Waals surface area contributed by atoms with E-state index in [0.29, 0.717) is 11.3 Å². The third-order valence-electron chi connectivity index (χ3n) is 2.60. The number of carbonyl (C=O) groups is 1. The number of sulfonamides is 1. The number of benzene rings is 1. The zero-order valence-electron chi connectivity index (χ0n) is 11.2. The number of hydrogen-bond acceptors (Lipinski definition) is 4. The Morgan fingerprint density at radius 1 is 1.10 bits per heavy atom. The normalized spacial score (nSPS) is 11.0. The predicted molar refractivity (Wildman–Crippen MR) is 79.9 cm³/mol. The summed E-state index contributed by atoms with van der Waals surface area (Å²) in [7, 11) is -3.55. The van der Waals surface area contributed by atoms with Gasteiger partial charge in [0.05, 0.1) is 24.2 Å². The van der Waals surface area contributed by atoms with Crippen molar-refractivity contribution in [3.05, 3.63) is 60.4 Å². The first-order valence-corrected chi connectivity index (χ1v) is 7.91. The first kappa shape index (κ1) is 15.1. The van der Waals surface area contributed by atoms with Crippen molar-refractivity contribution in [1.29, 1.82) is 0 Å². The van der Waals surface area contributed by atoms with Crippen LogP contribution in [0.4, 0.5) is 5.69 Å². The molecule has 21 heavy (non-hydrogen) atoms. The molecule has 0 saturated heterocycles. The predicted octanol–water partition coefficient (Wildman–Crippen LogP) is 1.14.